The fourth-order valence-corrected chi connectivity index (χ4v) is 1.33. The molecular weight excluding hydrogens is 206 g/mol. The highest BCUT2D eigenvalue weighted by Gasteiger charge is 2.08. The maximum absolute atomic E-state index is 11.3. The van der Waals surface area contributed by atoms with Crippen LogP contribution < -0.4 is 11.0 Å². The van der Waals surface area contributed by atoms with Gasteiger partial charge in [0.1, 0.15) is 11.8 Å². The molecule has 0 aliphatic heterocycles. The SMILES string of the molecule is CC.CCNc1ncnc2c1[nH]c(=O)n2C. The van der Waals surface area contributed by atoms with Gasteiger partial charge in [0.05, 0.1) is 0 Å². The first-order valence-electron chi connectivity index (χ1n) is 5.37. The van der Waals surface area contributed by atoms with Crippen molar-refractivity contribution in [3.05, 3.63) is 16.8 Å². The predicted octanol–water partition coefficient (Wildman–Crippen LogP) is 1.11. The largest absolute Gasteiger partial charge is 0.368 e. The Balaban J connectivity index is 0.000000606. The van der Waals surface area contributed by atoms with Crippen molar-refractivity contribution in [2.75, 3.05) is 11.9 Å². The average molecular weight is 223 g/mol. The van der Waals surface area contributed by atoms with E-state index in [9.17, 15) is 4.79 Å². The molecule has 0 fully saturated rings. The van der Waals surface area contributed by atoms with Crippen molar-refractivity contribution in [3.63, 3.8) is 0 Å². The minimum absolute atomic E-state index is 0.181. The number of aromatic nitrogens is 4. The Morgan fingerprint density at radius 1 is 1.44 bits per heavy atom. The van der Waals surface area contributed by atoms with E-state index in [2.05, 4.69) is 20.3 Å². The molecule has 0 saturated carbocycles. The lowest BCUT2D eigenvalue weighted by Crippen LogP contribution is -2.12. The molecule has 6 nitrogen and oxygen atoms in total. The molecular formula is C10H17N5O. The summed E-state index contributed by atoms with van der Waals surface area (Å²) in [5, 5.41) is 3.06. The van der Waals surface area contributed by atoms with Crippen molar-refractivity contribution in [2.24, 2.45) is 7.05 Å². The van der Waals surface area contributed by atoms with E-state index in [1.807, 2.05) is 20.8 Å². The smallest absolute Gasteiger partial charge is 0.327 e. The highest BCUT2D eigenvalue weighted by atomic mass is 16.1. The summed E-state index contributed by atoms with van der Waals surface area (Å²) in [5.74, 6) is 0.662. The summed E-state index contributed by atoms with van der Waals surface area (Å²) in [6.07, 6.45) is 1.44. The van der Waals surface area contributed by atoms with Crippen molar-refractivity contribution in [1.29, 1.82) is 0 Å². The van der Waals surface area contributed by atoms with Crippen LogP contribution in [0, 0.1) is 0 Å². The molecule has 2 rings (SSSR count). The van der Waals surface area contributed by atoms with Crippen LogP contribution in [0.3, 0.4) is 0 Å². The molecule has 88 valence electrons. The highest BCUT2D eigenvalue weighted by molar-refractivity contribution is 5.82. The first-order chi connectivity index (χ1) is 7.74. The van der Waals surface area contributed by atoms with E-state index < -0.39 is 0 Å². The highest BCUT2D eigenvalue weighted by Crippen LogP contribution is 2.13. The van der Waals surface area contributed by atoms with Gasteiger partial charge in [0, 0.05) is 13.6 Å². The summed E-state index contributed by atoms with van der Waals surface area (Å²) in [7, 11) is 1.67. The zero-order valence-electron chi connectivity index (χ0n) is 10.0. The minimum Gasteiger partial charge on any atom is -0.368 e. The number of imidazole rings is 1. The summed E-state index contributed by atoms with van der Waals surface area (Å²) in [6.45, 7) is 6.72. The Labute approximate surface area is 93.7 Å². The van der Waals surface area contributed by atoms with E-state index in [4.69, 9.17) is 0 Å². The van der Waals surface area contributed by atoms with Gasteiger partial charge in [0.2, 0.25) is 0 Å². The van der Waals surface area contributed by atoms with Gasteiger partial charge in [-0.25, -0.2) is 14.8 Å². The van der Waals surface area contributed by atoms with Gasteiger partial charge < -0.3 is 10.3 Å². The number of H-pyrrole nitrogens is 1. The first-order valence-corrected chi connectivity index (χ1v) is 5.37. The van der Waals surface area contributed by atoms with Gasteiger partial charge >= 0.3 is 5.69 Å². The lowest BCUT2D eigenvalue weighted by atomic mass is 10.5. The van der Waals surface area contributed by atoms with Gasteiger partial charge in [-0.1, -0.05) is 13.8 Å². The number of anilines is 1. The maximum atomic E-state index is 11.3. The molecule has 16 heavy (non-hydrogen) atoms. The third-order valence-electron chi connectivity index (χ3n) is 2.03. The number of nitrogens with one attached hydrogen (secondary N) is 2. The molecule has 2 aromatic rings. The van der Waals surface area contributed by atoms with Crippen LogP contribution in [0.15, 0.2) is 11.1 Å². The molecule has 0 aliphatic rings. The summed E-state index contributed by atoms with van der Waals surface area (Å²) in [5.41, 5.74) is 1.09. The van der Waals surface area contributed by atoms with Crippen LogP contribution in [-0.4, -0.2) is 26.1 Å². The Kier molecular flexibility index (Phi) is 4.04. The molecule has 0 bridgehead atoms. The van der Waals surface area contributed by atoms with Crippen molar-refractivity contribution in [1.82, 2.24) is 19.5 Å². The van der Waals surface area contributed by atoms with E-state index in [1.165, 1.54) is 10.9 Å². The summed E-state index contributed by atoms with van der Waals surface area (Å²) in [6, 6.07) is 0. The van der Waals surface area contributed by atoms with Crippen LogP contribution in [0.25, 0.3) is 11.2 Å². The molecule has 0 aromatic carbocycles. The van der Waals surface area contributed by atoms with Crippen LogP contribution in [0.2, 0.25) is 0 Å². The Bertz CT molecular complexity index is 513. The Hall–Kier alpha value is -1.85. The summed E-state index contributed by atoms with van der Waals surface area (Å²) in [4.78, 5) is 22.1. The van der Waals surface area contributed by atoms with Gasteiger partial charge in [-0.2, -0.15) is 0 Å². The third-order valence-corrected chi connectivity index (χ3v) is 2.03. The van der Waals surface area contributed by atoms with Gasteiger partial charge in [0.25, 0.3) is 0 Å². The van der Waals surface area contributed by atoms with Crippen LogP contribution in [0.4, 0.5) is 5.82 Å². The second kappa shape index (κ2) is 5.29. The molecule has 0 aliphatic carbocycles. The topological polar surface area (TPSA) is 75.6 Å². The van der Waals surface area contributed by atoms with E-state index in [0.717, 1.165) is 6.54 Å². The van der Waals surface area contributed by atoms with Crippen molar-refractivity contribution < 1.29 is 0 Å². The lowest BCUT2D eigenvalue weighted by molar-refractivity contribution is 0.877. The minimum atomic E-state index is -0.181. The number of aryl methyl sites for hydroxylation is 1. The molecule has 0 radical (unpaired) electrons. The molecule has 0 amide bonds. The zero-order valence-corrected chi connectivity index (χ0v) is 10.0. The molecule has 6 heteroatoms. The van der Waals surface area contributed by atoms with Crippen molar-refractivity contribution in [2.45, 2.75) is 20.8 Å². The van der Waals surface area contributed by atoms with E-state index in [1.54, 1.807) is 7.05 Å². The number of hydrogen-bond donors (Lipinski definition) is 2. The molecule has 0 unspecified atom stereocenters. The monoisotopic (exact) mass is 223 g/mol. The fourth-order valence-electron chi connectivity index (χ4n) is 1.33. The molecule has 2 aromatic heterocycles. The summed E-state index contributed by atoms with van der Waals surface area (Å²) < 4.78 is 1.46. The molecule has 2 N–H and O–H groups in total. The lowest BCUT2D eigenvalue weighted by Gasteiger charge is -2.01. The molecule has 0 saturated heterocycles. The quantitative estimate of drug-likeness (QED) is 0.799. The van der Waals surface area contributed by atoms with Crippen LogP contribution in [0.1, 0.15) is 20.8 Å². The number of nitrogens with zero attached hydrogens (tertiary/aromatic N) is 3. The molecule has 0 atom stereocenters. The van der Waals surface area contributed by atoms with Gasteiger partial charge in [-0.3, -0.25) is 4.57 Å². The fraction of sp³-hybridized carbons (Fsp3) is 0.500. The van der Waals surface area contributed by atoms with E-state index in [0.29, 0.717) is 17.0 Å². The maximum Gasteiger partial charge on any atom is 0.327 e. The van der Waals surface area contributed by atoms with E-state index >= 15 is 0 Å². The standard InChI is InChI=1S/C8H11N5O.C2H6/c1-3-9-6-5-7(11-4-10-6)13(2)8(14)12-5;1-2/h4H,3H2,1-2H3,(H,12,14)(H,9,10,11);1-2H3. The summed E-state index contributed by atoms with van der Waals surface area (Å²) >= 11 is 0. The number of aromatic amines is 1. The van der Waals surface area contributed by atoms with Gasteiger partial charge in [0.15, 0.2) is 11.5 Å². The first kappa shape index (κ1) is 12.2. The Morgan fingerprint density at radius 3 is 2.75 bits per heavy atom. The molecule has 2 heterocycles. The second-order valence-corrected chi connectivity index (χ2v) is 2.94. The van der Waals surface area contributed by atoms with E-state index in [-0.39, 0.29) is 5.69 Å². The van der Waals surface area contributed by atoms with Gasteiger partial charge in [-0.15, -0.1) is 0 Å². The third kappa shape index (κ3) is 2.05. The number of hydrogen-bond acceptors (Lipinski definition) is 4. The van der Waals surface area contributed by atoms with Crippen LogP contribution >= 0.6 is 0 Å². The van der Waals surface area contributed by atoms with Crippen molar-refractivity contribution in [3.8, 4) is 0 Å². The Morgan fingerprint density at radius 2 is 2.12 bits per heavy atom. The average Bonchev–Trinajstić information content (AvgIpc) is 2.60. The molecule has 0 spiro atoms. The van der Waals surface area contributed by atoms with Crippen LogP contribution in [-0.2, 0) is 7.05 Å². The normalized spacial score (nSPS) is 9.75. The van der Waals surface area contributed by atoms with Crippen LogP contribution in [0.5, 0.6) is 0 Å². The number of rotatable bonds is 2. The second-order valence-electron chi connectivity index (χ2n) is 2.94. The number of fused-ring (bicyclic) bond motifs is 1. The predicted molar refractivity (Wildman–Crippen MR) is 64.6 cm³/mol. The van der Waals surface area contributed by atoms with Crippen molar-refractivity contribution >= 4 is 17.0 Å². The zero-order chi connectivity index (χ0) is 12.1. The van der Waals surface area contributed by atoms with Gasteiger partial charge in [-0.05, 0) is 6.92 Å².